The van der Waals surface area contributed by atoms with Gasteiger partial charge in [-0.2, -0.15) is 0 Å². The minimum atomic E-state index is -1.11. The van der Waals surface area contributed by atoms with Crippen molar-refractivity contribution in [3.63, 3.8) is 0 Å². The highest BCUT2D eigenvalue weighted by Crippen LogP contribution is 2.14. The lowest BCUT2D eigenvalue weighted by molar-refractivity contribution is -0.131. The van der Waals surface area contributed by atoms with Crippen LogP contribution in [-0.2, 0) is 43.3 Å². The fourth-order valence-corrected chi connectivity index (χ4v) is 5.82. The molecular formula is C40H59N9O6. The highest BCUT2D eigenvalue weighted by atomic mass is 16.6. The molecule has 0 aliphatic carbocycles. The van der Waals surface area contributed by atoms with Gasteiger partial charge in [0.05, 0.1) is 18.6 Å². The molecule has 3 rings (SSSR count). The first kappa shape index (κ1) is 44.1. The van der Waals surface area contributed by atoms with Gasteiger partial charge in [0, 0.05) is 49.4 Å². The van der Waals surface area contributed by atoms with Crippen molar-refractivity contribution in [3.05, 3.63) is 84.2 Å². The van der Waals surface area contributed by atoms with Crippen molar-refractivity contribution in [2.45, 2.75) is 123 Å². The third kappa shape index (κ3) is 15.9. The summed E-state index contributed by atoms with van der Waals surface area (Å²) in [5.74, 6) is -2.00. The van der Waals surface area contributed by atoms with Crippen molar-refractivity contribution in [2.75, 3.05) is 0 Å². The molecule has 0 aliphatic heterocycles. The third-order valence-corrected chi connectivity index (χ3v) is 8.87. The van der Waals surface area contributed by atoms with E-state index in [4.69, 9.17) is 10.5 Å². The number of alkyl carbamates (subject to hydrolysis) is 1. The number of nitrogens with zero attached hydrogens (tertiary/aromatic N) is 2. The second kappa shape index (κ2) is 21.5. The van der Waals surface area contributed by atoms with E-state index in [9.17, 15) is 24.0 Å². The number of amides is 5. The number of carbonyl (C=O) groups excluding carboxylic acids is 5. The molecule has 6 atom stereocenters. The van der Waals surface area contributed by atoms with Crippen LogP contribution in [0.1, 0.15) is 84.7 Å². The summed E-state index contributed by atoms with van der Waals surface area (Å²) in [6.45, 7) is 13.1. The monoisotopic (exact) mass is 761 g/mol. The first-order valence-corrected chi connectivity index (χ1v) is 18.9. The van der Waals surface area contributed by atoms with Crippen LogP contribution in [0.4, 0.5) is 4.79 Å². The standard InChI is InChI=1S/C40H59N9O6/c1-8-26(4)35(38(53)44-23-28-16-12-13-17-43-28)49-34(50)21-30(41)31(18-25(2)3)46-37(52)33(20-29-22-42-24-45-29)47-36(51)32(19-27-14-10-9-11-15-27)48-39(54)55-40(5,6)7/h9-17,22,24-26,30-33,35H,8,18-21,23,41H2,1-7H3,(H,42,45)(H,44,53)(H,46,52)(H,47,51)(H,48,54)(H,49,50)/t26-,30-,31-,32-,33-,35-/m0/s1. The van der Waals surface area contributed by atoms with Crippen LogP contribution in [-0.4, -0.2) is 80.5 Å². The number of hydrogen-bond donors (Lipinski definition) is 7. The fraction of sp³-hybridized carbons (Fsp3) is 0.525. The summed E-state index contributed by atoms with van der Waals surface area (Å²) in [6, 6.07) is 10.1. The molecule has 15 nitrogen and oxygen atoms in total. The molecule has 2 aromatic heterocycles. The normalized spacial score (nSPS) is 14.7. The number of hydrogen-bond acceptors (Lipinski definition) is 9. The molecule has 8 N–H and O–H groups in total. The molecule has 0 radical (unpaired) electrons. The van der Waals surface area contributed by atoms with Gasteiger partial charge in [-0.3, -0.25) is 24.2 Å². The lowest BCUT2D eigenvalue weighted by atomic mass is 9.94. The minimum absolute atomic E-state index is 0.0520. The zero-order valence-corrected chi connectivity index (χ0v) is 33.1. The van der Waals surface area contributed by atoms with Crippen LogP contribution in [0, 0.1) is 11.8 Å². The summed E-state index contributed by atoms with van der Waals surface area (Å²) in [5, 5.41) is 14.2. The number of aromatic amines is 1. The van der Waals surface area contributed by atoms with Crippen LogP contribution in [0.5, 0.6) is 0 Å². The molecule has 1 aromatic carbocycles. The number of rotatable bonds is 20. The van der Waals surface area contributed by atoms with Crippen LogP contribution in [0.25, 0.3) is 0 Å². The van der Waals surface area contributed by atoms with E-state index >= 15 is 0 Å². The van der Waals surface area contributed by atoms with E-state index in [2.05, 4.69) is 41.5 Å². The van der Waals surface area contributed by atoms with Gasteiger partial charge in [-0.05, 0) is 56.7 Å². The summed E-state index contributed by atoms with van der Waals surface area (Å²) < 4.78 is 5.43. The molecule has 2 heterocycles. The second-order valence-corrected chi connectivity index (χ2v) is 15.3. The van der Waals surface area contributed by atoms with E-state index in [1.165, 1.54) is 6.33 Å². The summed E-state index contributed by atoms with van der Waals surface area (Å²) >= 11 is 0. The summed E-state index contributed by atoms with van der Waals surface area (Å²) in [6.07, 6.45) is 4.98. The van der Waals surface area contributed by atoms with E-state index in [1.54, 1.807) is 45.3 Å². The molecule has 15 heteroatoms. The molecule has 0 fully saturated rings. The Morgan fingerprint density at radius 3 is 2.13 bits per heavy atom. The maximum atomic E-state index is 14.1. The minimum Gasteiger partial charge on any atom is -0.444 e. The molecule has 3 aromatic rings. The first-order valence-electron chi connectivity index (χ1n) is 18.9. The highest BCUT2D eigenvalue weighted by Gasteiger charge is 2.33. The largest absolute Gasteiger partial charge is 0.444 e. The number of benzene rings is 1. The van der Waals surface area contributed by atoms with Gasteiger partial charge in [-0.15, -0.1) is 0 Å². The van der Waals surface area contributed by atoms with Crippen molar-refractivity contribution in [1.29, 1.82) is 0 Å². The van der Waals surface area contributed by atoms with E-state index in [-0.39, 0.29) is 43.6 Å². The van der Waals surface area contributed by atoms with Gasteiger partial charge in [0.15, 0.2) is 0 Å². The van der Waals surface area contributed by atoms with Crippen LogP contribution in [0.15, 0.2) is 67.3 Å². The number of H-pyrrole nitrogens is 1. The Bertz CT molecular complexity index is 1650. The summed E-state index contributed by atoms with van der Waals surface area (Å²) in [4.78, 5) is 78.7. The average Bonchev–Trinajstić information content (AvgIpc) is 3.64. The van der Waals surface area contributed by atoms with Gasteiger partial charge < -0.3 is 42.0 Å². The number of nitrogens with two attached hydrogens (primary N) is 1. The lowest BCUT2D eigenvalue weighted by Gasteiger charge is -2.30. The van der Waals surface area contributed by atoms with E-state index in [0.717, 1.165) is 5.56 Å². The molecule has 0 spiro atoms. The van der Waals surface area contributed by atoms with Crippen LogP contribution >= 0.6 is 0 Å². The number of pyridine rings is 1. The Labute approximate surface area is 324 Å². The topological polar surface area (TPSA) is 222 Å². The number of nitrogens with one attached hydrogen (secondary N) is 6. The first-order chi connectivity index (χ1) is 26.0. The zero-order chi connectivity index (χ0) is 40.5. The molecule has 5 amide bonds. The van der Waals surface area contributed by atoms with Crippen LogP contribution < -0.4 is 32.3 Å². The summed E-state index contributed by atoms with van der Waals surface area (Å²) in [5.41, 5.74) is 7.90. The van der Waals surface area contributed by atoms with Crippen molar-refractivity contribution in [1.82, 2.24) is 41.5 Å². The molecule has 0 saturated heterocycles. The quantitative estimate of drug-likeness (QED) is 0.0898. The van der Waals surface area contributed by atoms with Crippen LogP contribution in [0.2, 0.25) is 0 Å². The van der Waals surface area contributed by atoms with Crippen molar-refractivity contribution in [2.24, 2.45) is 17.6 Å². The number of ether oxygens (including phenoxy) is 1. The van der Waals surface area contributed by atoms with E-state index < -0.39 is 59.6 Å². The number of carbonyl (C=O) groups is 5. The number of imidazole rings is 1. The lowest BCUT2D eigenvalue weighted by Crippen LogP contribution is -2.59. The van der Waals surface area contributed by atoms with Crippen molar-refractivity contribution < 1.29 is 28.7 Å². The predicted octanol–water partition coefficient (Wildman–Crippen LogP) is 3.06. The van der Waals surface area contributed by atoms with Gasteiger partial charge in [-0.1, -0.05) is 70.5 Å². The Hall–Kier alpha value is -5.31. The second-order valence-electron chi connectivity index (χ2n) is 15.3. The molecule has 0 unspecified atom stereocenters. The molecule has 55 heavy (non-hydrogen) atoms. The van der Waals surface area contributed by atoms with Gasteiger partial charge in [-0.25, -0.2) is 9.78 Å². The van der Waals surface area contributed by atoms with Gasteiger partial charge in [0.25, 0.3) is 0 Å². The van der Waals surface area contributed by atoms with Gasteiger partial charge in [0.1, 0.15) is 23.7 Å². The van der Waals surface area contributed by atoms with Crippen molar-refractivity contribution >= 4 is 29.7 Å². The van der Waals surface area contributed by atoms with E-state index in [1.807, 2.05) is 64.1 Å². The SMILES string of the molecule is CC[C@H](C)[C@H](NC(=O)C[C@H](N)[C@H](CC(C)C)NC(=O)[C@H](Cc1cnc[nH]1)NC(=O)[C@H](Cc1ccccc1)NC(=O)OC(C)(C)C)C(=O)NCc1ccccn1. The maximum Gasteiger partial charge on any atom is 0.408 e. The Morgan fingerprint density at radius 2 is 1.53 bits per heavy atom. The molecule has 0 saturated carbocycles. The van der Waals surface area contributed by atoms with Gasteiger partial charge in [0.2, 0.25) is 23.6 Å². The van der Waals surface area contributed by atoms with Gasteiger partial charge >= 0.3 is 6.09 Å². The van der Waals surface area contributed by atoms with Crippen molar-refractivity contribution in [3.8, 4) is 0 Å². The maximum absolute atomic E-state index is 14.1. The third-order valence-electron chi connectivity index (χ3n) is 8.87. The highest BCUT2D eigenvalue weighted by molar-refractivity contribution is 5.92. The van der Waals surface area contributed by atoms with Crippen LogP contribution in [0.3, 0.4) is 0 Å². The Kier molecular flexibility index (Phi) is 17.3. The molecular weight excluding hydrogens is 702 g/mol. The fourth-order valence-electron chi connectivity index (χ4n) is 5.82. The van der Waals surface area contributed by atoms with E-state index in [0.29, 0.717) is 24.2 Å². The zero-order valence-electron chi connectivity index (χ0n) is 33.1. The molecule has 300 valence electrons. The summed E-state index contributed by atoms with van der Waals surface area (Å²) in [7, 11) is 0. The predicted molar refractivity (Wildman–Crippen MR) is 209 cm³/mol. The Morgan fingerprint density at radius 1 is 0.855 bits per heavy atom. The smallest absolute Gasteiger partial charge is 0.408 e. The average molecular weight is 762 g/mol. The number of aromatic nitrogens is 3. The Balaban J connectivity index is 1.77. The molecule has 0 bridgehead atoms. The molecule has 0 aliphatic rings.